The van der Waals surface area contributed by atoms with E-state index in [1.54, 1.807) is 13.8 Å². The summed E-state index contributed by atoms with van der Waals surface area (Å²) in [6, 6.07) is 0. The van der Waals surface area contributed by atoms with E-state index in [0.717, 1.165) is 0 Å². The SMILES string of the molecule is [2H]C1([2H])C(=C)CC(=O)C([2H])(C(C)C)C1([2H])[2H]. The van der Waals surface area contributed by atoms with Crippen molar-refractivity contribution < 1.29 is 11.6 Å². The highest BCUT2D eigenvalue weighted by Gasteiger charge is 2.26. The smallest absolute Gasteiger partial charge is 0.140 e. The van der Waals surface area contributed by atoms with E-state index < -0.39 is 30.3 Å². The molecule has 1 aliphatic carbocycles. The minimum atomic E-state index is -2.55. The zero-order chi connectivity index (χ0) is 12.9. The monoisotopic (exact) mass is 157 g/mol. The fraction of sp³-hybridized carbons (Fsp3) is 0.700. The molecule has 1 aliphatic rings. The van der Waals surface area contributed by atoms with Crippen molar-refractivity contribution in [1.82, 2.24) is 0 Å². The summed E-state index contributed by atoms with van der Waals surface area (Å²) >= 11 is 0. The van der Waals surface area contributed by atoms with Crippen molar-refractivity contribution in [1.29, 1.82) is 0 Å². The molecule has 0 saturated heterocycles. The number of carbonyl (C=O) groups is 1. The number of carbonyl (C=O) groups excluding carboxylic acids is 1. The summed E-state index contributed by atoms with van der Waals surface area (Å²) in [6.45, 7) is 6.54. The van der Waals surface area contributed by atoms with Crippen molar-refractivity contribution in [2.75, 3.05) is 0 Å². The molecule has 0 aliphatic heterocycles. The van der Waals surface area contributed by atoms with Crippen molar-refractivity contribution in [3.63, 3.8) is 0 Å². The Balaban J connectivity index is 3.41. The van der Waals surface area contributed by atoms with Crippen LogP contribution in [0.25, 0.3) is 0 Å². The van der Waals surface area contributed by atoms with Gasteiger partial charge in [-0.05, 0) is 18.7 Å². The Morgan fingerprint density at radius 2 is 2.45 bits per heavy atom. The second kappa shape index (κ2) is 3.21. The van der Waals surface area contributed by atoms with Gasteiger partial charge in [-0.1, -0.05) is 26.0 Å². The molecular formula is C10H16O. The maximum Gasteiger partial charge on any atom is 0.140 e. The molecule has 0 N–H and O–H groups in total. The molecule has 11 heavy (non-hydrogen) atoms. The standard InChI is InChI=1S/C10H16O/c1-7(2)9-5-4-8(3)6-10(9)11/h7,9H,3-6H2,1-2H3/i4D2,5D2,9D. The molecule has 1 fully saturated rings. The van der Waals surface area contributed by atoms with E-state index in [1.807, 2.05) is 0 Å². The van der Waals surface area contributed by atoms with Crippen molar-refractivity contribution in [3.8, 4) is 0 Å². The normalized spacial score (nSPS) is 48.8. The lowest BCUT2D eigenvalue weighted by Crippen LogP contribution is -2.24. The number of rotatable bonds is 1. The van der Waals surface area contributed by atoms with Gasteiger partial charge in [0, 0.05) is 19.2 Å². The third-order valence-electron chi connectivity index (χ3n) is 1.63. The van der Waals surface area contributed by atoms with Crippen LogP contribution >= 0.6 is 0 Å². The zero-order valence-electron chi connectivity index (χ0n) is 11.9. The van der Waals surface area contributed by atoms with E-state index in [-0.39, 0.29) is 12.0 Å². The first-order chi connectivity index (χ1) is 6.99. The van der Waals surface area contributed by atoms with Gasteiger partial charge in [-0.2, -0.15) is 0 Å². The summed E-state index contributed by atoms with van der Waals surface area (Å²) in [5.74, 6) is -3.22. The van der Waals surface area contributed by atoms with Gasteiger partial charge >= 0.3 is 0 Å². The van der Waals surface area contributed by atoms with Crippen molar-refractivity contribution in [2.24, 2.45) is 11.8 Å². The number of ketones is 1. The van der Waals surface area contributed by atoms with Crippen LogP contribution in [0.2, 0.25) is 0 Å². The maximum absolute atomic E-state index is 11.8. The summed E-state index contributed by atoms with van der Waals surface area (Å²) in [4.78, 5) is 11.8. The molecule has 1 rings (SSSR count). The maximum atomic E-state index is 11.8. The van der Waals surface area contributed by atoms with E-state index in [0.29, 0.717) is 0 Å². The van der Waals surface area contributed by atoms with Gasteiger partial charge in [-0.3, -0.25) is 4.79 Å². The van der Waals surface area contributed by atoms with Crippen LogP contribution in [0.3, 0.4) is 0 Å². The molecular weight excluding hydrogens is 136 g/mol. The average Bonchev–Trinajstić information content (AvgIpc) is 2.13. The van der Waals surface area contributed by atoms with Crippen molar-refractivity contribution >= 4 is 5.78 Å². The molecule has 1 heteroatoms. The summed E-state index contributed by atoms with van der Waals surface area (Å²) in [5, 5.41) is 0. The summed E-state index contributed by atoms with van der Waals surface area (Å²) in [5.41, 5.74) is -0.0778. The minimum absolute atomic E-state index is 0.0778. The van der Waals surface area contributed by atoms with E-state index in [1.165, 1.54) is 0 Å². The molecule has 0 aromatic rings. The first kappa shape index (κ1) is 3.88. The predicted octanol–water partition coefficient (Wildman–Crippen LogP) is 2.57. The van der Waals surface area contributed by atoms with Crippen molar-refractivity contribution in [2.45, 2.75) is 33.0 Å². The van der Waals surface area contributed by atoms with Crippen LogP contribution in [-0.4, -0.2) is 5.78 Å². The van der Waals surface area contributed by atoms with E-state index in [2.05, 4.69) is 6.58 Å². The Bertz CT molecular complexity index is 347. The predicted molar refractivity (Wildman–Crippen MR) is 46.3 cm³/mol. The van der Waals surface area contributed by atoms with Crippen LogP contribution in [0.4, 0.5) is 0 Å². The van der Waals surface area contributed by atoms with Gasteiger partial charge in [0.1, 0.15) is 5.78 Å². The molecule has 0 heterocycles. The number of Topliss-reactive ketones (excluding diaryl/α,β-unsaturated/α-hetero) is 1. The fourth-order valence-corrected chi connectivity index (χ4v) is 1.02. The molecule has 1 nitrogen and oxygen atoms in total. The zero-order valence-corrected chi connectivity index (χ0v) is 6.90. The second-order valence-corrected chi connectivity index (χ2v) is 3.02. The van der Waals surface area contributed by atoms with Gasteiger partial charge in [-0.15, -0.1) is 0 Å². The van der Waals surface area contributed by atoms with Gasteiger partial charge in [0.15, 0.2) is 0 Å². The van der Waals surface area contributed by atoms with Crippen molar-refractivity contribution in [3.05, 3.63) is 12.2 Å². The Morgan fingerprint density at radius 1 is 1.82 bits per heavy atom. The molecule has 0 aromatic heterocycles. The second-order valence-electron chi connectivity index (χ2n) is 3.02. The van der Waals surface area contributed by atoms with Gasteiger partial charge in [0.25, 0.3) is 0 Å². The lowest BCUT2D eigenvalue weighted by atomic mass is 9.79. The summed E-state index contributed by atoms with van der Waals surface area (Å²) < 4.78 is 39.0. The van der Waals surface area contributed by atoms with Gasteiger partial charge in [0.2, 0.25) is 0 Å². The quantitative estimate of drug-likeness (QED) is 0.535. The lowest BCUT2D eigenvalue weighted by molar-refractivity contribution is -0.124. The van der Waals surface area contributed by atoms with Crippen LogP contribution < -0.4 is 0 Å². The molecule has 1 unspecified atom stereocenters. The van der Waals surface area contributed by atoms with E-state index in [9.17, 15) is 4.79 Å². The average molecular weight is 157 g/mol. The van der Waals surface area contributed by atoms with E-state index >= 15 is 0 Å². The molecule has 0 aromatic carbocycles. The van der Waals surface area contributed by atoms with Crippen LogP contribution in [0.1, 0.15) is 39.9 Å². The summed E-state index contributed by atoms with van der Waals surface area (Å²) in [6.07, 6.45) is -5.15. The highest BCUT2D eigenvalue weighted by Crippen LogP contribution is 2.28. The molecule has 0 radical (unpaired) electrons. The molecule has 0 spiro atoms. The van der Waals surface area contributed by atoms with E-state index in [4.69, 9.17) is 6.85 Å². The molecule has 62 valence electrons. The Labute approximate surface area is 75.5 Å². The first-order valence-corrected chi connectivity index (χ1v) is 3.71. The fourth-order valence-electron chi connectivity index (χ4n) is 1.02. The highest BCUT2D eigenvalue weighted by atomic mass is 16.1. The highest BCUT2D eigenvalue weighted by molar-refractivity contribution is 5.84. The molecule has 1 atom stereocenters. The summed E-state index contributed by atoms with van der Waals surface area (Å²) in [7, 11) is 0. The third-order valence-corrected chi connectivity index (χ3v) is 1.63. The Hall–Kier alpha value is -0.590. The molecule has 0 bridgehead atoms. The topological polar surface area (TPSA) is 17.1 Å². The Kier molecular flexibility index (Phi) is 1.13. The van der Waals surface area contributed by atoms with Crippen LogP contribution in [-0.2, 0) is 4.79 Å². The largest absolute Gasteiger partial charge is 0.299 e. The van der Waals surface area contributed by atoms with Gasteiger partial charge < -0.3 is 0 Å². The van der Waals surface area contributed by atoms with Crippen LogP contribution in [0, 0.1) is 11.8 Å². The van der Waals surface area contributed by atoms with Gasteiger partial charge in [0.05, 0.1) is 0 Å². The Morgan fingerprint density at radius 3 is 3.00 bits per heavy atom. The number of allylic oxidation sites excluding steroid dienone is 1. The molecule has 0 amide bonds. The lowest BCUT2D eigenvalue weighted by Gasteiger charge is -2.24. The van der Waals surface area contributed by atoms with Crippen LogP contribution in [0.5, 0.6) is 0 Å². The number of hydrogen-bond acceptors (Lipinski definition) is 1. The molecule has 1 saturated carbocycles. The third kappa shape index (κ3) is 1.92. The van der Waals surface area contributed by atoms with Gasteiger partial charge in [-0.25, -0.2) is 0 Å². The van der Waals surface area contributed by atoms with Crippen LogP contribution in [0.15, 0.2) is 12.2 Å². The minimum Gasteiger partial charge on any atom is -0.299 e. The first-order valence-electron chi connectivity index (χ1n) is 6.21. The number of hydrogen-bond donors (Lipinski definition) is 0.